The number of carbonyl (C=O) groups is 5. The summed E-state index contributed by atoms with van der Waals surface area (Å²) in [5.41, 5.74) is 6.56. The van der Waals surface area contributed by atoms with Crippen LogP contribution in [0.2, 0.25) is 0 Å². The SMILES string of the molecule is CCC(C)C(NC(=O)C(CC(=O)O)NC(=O)C(N)Cc1ccc(O)cc1)C(=O)NC(C(=O)O)C(C)C. The van der Waals surface area contributed by atoms with Crippen LogP contribution in [0.15, 0.2) is 24.3 Å². The molecule has 5 atom stereocenters. The topological polar surface area (TPSA) is 208 Å². The maximum atomic E-state index is 13.0. The number of carbonyl (C=O) groups excluding carboxylic acids is 3. The van der Waals surface area contributed by atoms with Gasteiger partial charge in [-0.25, -0.2) is 4.79 Å². The lowest BCUT2D eigenvalue weighted by Gasteiger charge is -2.28. The quantitative estimate of drug-likeness (QED) is 0.180. The largest absolute Gasteiger partial charge is 0.508 e. The van der Waals surface area contributed by atoms with Gasteiger partial charge in [0.25, 0.3) is 0 Å². The first-order chi connectivity index (χ1) is 16.8. The molecule has 1 aromatic carbocycles. The fourth-order valence-corrected chi connectivity index (χ4v) is 3.35. The maximum Gasteiger partial charge on any atom is 0.326 e. The lowest BCUT2D eigenvalue weighted by atomic mass is 9.96. The number of carboxylic acids is 2. The van der Waals surface area contributed by atoms with Crippen LogP contribution >= 0.6 is 0 Å². The standard InChI is InChI=1S/C24H36N4O8/c1-5-13(4)20(23(34)27-19(12(2)3)24(35)36)28-22(33)17(11-18(30)31)26-21(32)16(25)10-14-6-8-15(29)9-7-14/h6-9,12-13,16-17,19-20,29H,5,10-11,25H2,1-4H3,(H,26,32)(H,27,34)(H,28,33)(H,30,31)(H,35,36). The van der Waals surface area contributed by atoms with E-state index in [4.69, 9.17) is 5.73 Å². The van der Waals surface area contributed by atoms with E-state index in [-0.39, 0.29) is 12.2 Å². The molecular weight excluding hydrogens is 472 g/mol. The van der Waals surface area contributed by atoms with Crippen LogP contribution in [-0.4, -0.2) is 69.1 Å². The van der Waals surface area contributed by atoms with E-state index in [1.807, 2.05) is 0 Å². The Hall–Kier alpha value is -3.67. The molecule has 12 heteroatoms. The second kappa shape index (κ2) is 14.0. The van der Waals surface area contributed by atoms with Crippen LogP contribution in [0.4, 0.5) is 0 Å². The van der Waals surface area contributed by atoms with Crippen molar-refractivity contribution in [2.45, 2.75) is 71.1 Å². The Morgan fingerprint density at radius 1 is 0.861 bits per heavy atom. The fourth-order valence-electron chi connectivity index (χ4n) is 3.35. The van der Waals surface area contributed by atoms with Crippen molar-refractivity contribution in [3.8, 4) is 5.75 Å². The van der Waals surface area contributed by atoms with Crippen LogP contribution in [-0.2, 0) is 30.4 Å². The molecule has 0 aromatic heterocycles. The number of amides is 3. The van der Waals surface area contributed by atoms with E-state index in [2.05, 4.69) is 16.0 Å². The van der Waals surface area contributed by atoms with Crippen LogP contribution in [0.5, 0.6) is 5.75 Å². The minimum atomic E-state index is -1.53. The summed E-state index contributed by atoms with van der Waals surface area (Å²) in [4.78, 5) is 61.3. The van der Waals surface area contributed by atoms with Crippen LogP contribution in [0.25, 0.3) is 0 Å². The monoisotopic (exact) mass is 508 g/mol. The zero-order chi connectivity index (χ0) is 27.6. The van der Waals surface area contributed by atoms with Gasteiger partial charge >= 0.3 is 11.9 Å². The molecule has 8 N–H and O–H groups in total. The van der Waals surface area contributed by atoms with Gasteiger partial charge in [0.1, 0.15) is 23.9 Å². The van der Waals surface area contributed by atoms with Crippen molar-refractivity contribution >= 4 is 29.7 Å². The number of phenols is 1. The van der Waals surface area contributed by atoms with E-state index >= 15 is 0 Å². The number of hydrogen-bond acceptors (Lipinski definition) is 7. The summed E-state index contributed by atoms with van der Waals surface area (Å²) in [6.45, 7) is 6.69. The molecule has 0 saturated heterocycles. The first-order valence-corrected chi connectivity index (χ1v) is 11.7. The second-order valence-corrected chi connectivity index (χ2v) is 9.08. The molecule has 0 bridgehead atoms. The van der Waals surface area contributed by atoms with Gasteiger partial charge in [0.05, 0.1) is 12.5 Å². The average Bonchev–Trinajstić information content (AvgIpc) is 2.80. The minimum absolute atomic E-state index is 0.0398. The minimum Gasteiger partial charge on any atom is -0.508 e. The molecule has 0 aliphatic rings. The molecule has 200 valence electrons. The van der Waals surface area contributed by atoms with E-state index in [1.165, 1.54) is 12.1 Å². The molecule has 0 saturated carbocycles. The summed E-state index contributed by atoms with van der Waals surface area (Å²) in [5, 5.41) is 35.2. The normalized spacial score (nSPS) is 15.2. The van der Waals surface area contributed by atoms with Gasteiger partial charge in [0.2, 0.25) is 17.7 Å². The zero-order valence-electron chi connectivity index (χ0n) is 20.9. The fraction of sp³-hybridized carbons (Fsp3) is 0.542. The van der Waals surface area contributed by atoms with Gasteiger partial charge in [0.15, 0.2) is 0 Å². The number of rotatable bonds is 14. The molecule has 0 fully saturated rings. The smallest absolute Gasteiger partial charge is 0.326 e. The molecule has 36 heavy (non-hydrogen) atoms. The average molecular weight is 509 g/mol. The lowest BCUT2D eigenvalue weighted by molar-refractivity contribution is -0.144. The predicted molar refractivity (Wildman–Crippen MR) is 130 cm³/mol. The number of hydrogen-bond donors (Lipinski definition) is 7. The maximum absolute atomic E-state index is 13.0. The van der Waals surface area contributed by atoms with Crippen LogP contribution in [0.1, 0.15) is 46.1 Å². The third-order valence-corrected chi connectivity index (χ3v) is 5.76. The van der Waals surface area contributed by atoms with Crippen LogP contribution in [0, 0.1) is 11.8 Å². The second-order valence-electron chi connectivity index (χ2n) is 9.08. The van der Waals surface area contributed by atoms with E-state index in [0.29, 0.717) is 12.0 Å². The van der Waals surface area contributed by atoms with Crippen LogP contribution in [0.3, 0.4) is 0 Å². The van der Waals surface area contributed by atoms with Crippen molar-refractivity contribution in [1.82, 2.24) is 16.0 Å². The Morgan fingerprint density at radius 3 is 1.89 bits per heavy atom. The van der Waals surface area contributed by atoms with Crippen molar-refractivity contribution in [1.29, 1.82) is 0 Å². The van der Waals surface area contributed by atoms with Gasteiger partial charge in [-0.05, 0) is 36.0 Å². The van der Waals surface area contributed by atoms with Crippen molar-refractivity contribution in [3.63, 3.8) is 0 Å². The highest BCUT2D eigenvalue weighted by atomic mass is 16.4. The lowest BCUT2D eigenvalue weighted by Crippen LogP contribution is -2.59. The molecule has 0 heterocycles. The number of phenolic OH excluding ortho intramolecular Hbond substituents is 1. The number of benzene rings is 1. The molecule has 12 nitrogen and oxygen atoms in total. The molecule has 0 radical (unpaired) electrons. The van der Waals surface area contributed by atoms with Crippen molar-refractivity contribution in [3.05, 3.63) is 29.8 Å². The Kier molecular flexibility index (Phi) is 11.8. The Labute approximate surface area is 209 Å². The number of nitrogens with one attached hydrogen (secondary N) is 3. The first kappa shape index (κ1) is 30.4. The molecule has 1 aromatic rings. The molecule has 5 unspecified atom stereocenters. The number of aliphatic carboxylic acids is 2. The number of aromatic hydroxyl groups is 1. The Balaban J connectivity index is 3.00. The number of nitrogens with two attached hydrogens (primary N) is 1. The van der Waals surface area contributed by atoms with Gasteiger partial charge in [-0.1, -0.05) is 46.2 Å². The molecular formula is C24H36N4O8. The van der Waals surface area contributed by atoms with Crippen molar-refractivity contribution in [2.75, 3.05) is 0 Å². The highest BCUT2D eigenvalue weighted by molar-refractivity contribution is 5.95. The van der Waals surface area contributed by atoms with Crippen molar-refractivity contribution < 1.29 is 39.3 Å². The third-order valence-electron chi connectivity index (χ3n) is 5.76. The summed E-state index contributed by atoms with van der Waals surface area (Å²) in [5.74, 6) is -5.83. The summed E-state index contributed by atoms with van der Waals surface area (Å²) in [7, 11) is 0. The Morgan fingerprint density at radius 2 is 1.42 bits per heavy atom. The predicted octanol–water partition coefficient (Wildman–Crippen LogP) is -0.0222. The van der Waals surface area contributed by atoms with E-state index in [1.54, 1.807) is 39.8 Å². The summed E-state index contributed by atoms with van der Waals surface area (Å²) in [6.07, 6.45) is -0.245. The molecule has 0 aliphatic heterocycles. The van der Waals surface area contributed by atoms with Crippen molar-refractivity contribution in [2.24, 2.45) is 17.6 Å². The summed E-state index contributed by atoms with van der Waals surface area (Å²) < 4.78 is 0. The van der Waals surface area contributed by atoms with Gasteiger partial charge < -0.3 is 37.0 Å². The number of carboxylic acid groups (broad SMARTS) is 2. The van der Waals surface area contributed by atoms with Gasteiger partial charge in [0, 0.05) is 0 Å². The highest BCUT2D eigenvalue weighted by Crippen LogP contribution is 2.12. The summed E-state index contributed by atoms with van der Waals surface area (Å²) in [6, 6.07) is 0.997. The van der Waals surface area contributed by atoms with Crippen LogP contribution < -0.4 is 21.7 Å². The first-order valence-electron chi connectivity index (χ1n) is 11.7. The van der Waals surface area contributed by atoms with Gasteiger partial charge in [-0.15, -0.1) is 0 Å². The molecule has 3 amide bonds. The van der Waals surface area contributed by atoms with Gasteiger partial charge in [-0.3, -0.25) is 19.2 Å². The van der Waals surface area contributed by atoms with E-state index in [0.717, 1.165) is 0 Å². The van der Waals surface area contributed by atoms with E-state index < -0.39 is 72.1 Å². The third kappa shape index (κ3) is 9.53. The highest BCUT2D eigenvalue weighted by Gasteiger charge is 2.34. The van der Waals surface area contributed by atoms with E-state index in [9.17, 15) is 39.3 Å². The Bertz CT molecular complexity index is 935. The van der Waals surface area contributed by atoms with Gasteiger partial charge in [-0.2, -0.15) is 0 Å². The molecule has 0 spiro atoms. The zero-order valence-corrected chi connectivity index (χ0v) is 20.9. The molecule has 0 aliphatic carbocycles. The molecule has 1 rings (SSSR count). The summed E-state index contributed by atoms with van der Waals surface area (Å²) >= 11 is 0.